The molecule has 4 heteroatoms. The van der Waals surface area contributed by atoms with Gasteiger partial charge in [-0.1, -0.05) is 59.6 Å². The van der Waals surface area contributed by atoms with E-state index in [0.717, 1.165) is 17.5 Å². The summed E-state index contributed by atoms with van der Waals surface area (Å²) in [6.45, 7) is 7.92. The van der Waals surface area contributed by atoms with E-state index in [-0.39, 0.29) is 12.1 Å². The van der Waals surface area contributed by atoms with Crippen molar-refractivity contribution in [2.45, 2.75) is 58.5 Å². The molecular formula is C18H29BrO3. The lowest BCUT2D eigenvalue weighted by atomic mass is 9.77. The molecule has 1 N–H and O–H groups in total. The zero-order chi connectivity index (χ0) is 17.2. The van der Waals surface area contributed by atoms with Crippen molar-refractivity contribution in [3.05, 3.63) is 35.4 Å². The molecule has 0 aromatic heterocycles. The predicted octanol–water partition coefficient (Wildman–Crippen LogP) is 4.38. The van der Waals surface area contributed by atoms with Gasteiger partial charge in [-0.25, -0.2) is 0 Å². The number of aliphatic hydroxyl groups is 1. The highest BCUT2D eigenvalue weighted by atomic mass is 79.9. The molecule has 0 heterocycles. The lowest BCUT2D eigenvalue weighted by Crippen LogP contribution is -2.34. The fraction of sp³-hybridized carbons (Fsp3) is 0.611. The number of benzene rings is 1. The van der Waals surface area contributed by atoms with Crippen molar-refractivity contribution in [3.8, 4) is 0 Å². The summed E-state index contributed by atoms with van der Waals surface area (Å²) in [4.78, 5) is 12.2. The maximum Gasteiger partial charge on any atom is 0.315 e. The van der Waals surface area contributed by atoms with E-state index in [2.05, 4.69) is 15.9 Å². The molecule has 3 nitrogen and oxygen atoms in total. The smallest absolute Gasteiger partial charge is 0.315 e. The Morgan fingerprint density at radius 1 is 1.41 bits per heavy atom. The molecule has 22 heavy (non-hydrogen) atoms. The van der Waals surface area contributed by atoms with Crippen LogP contribution in [0.4, 0.5) is 0 Å². The largest absolute Gasteiger partial charge is 0.468 e. The second kappa shape index (κ2) is 10.8. The van der Waals surface area contributed by atoms with Gasteiger partial charge in [-0.15, -0.1) is 0 Å². The third-order valence-corrected chi connectivity index (χ3v) is 4.43. The third-order valence-electron chi connectivity index (χ3n) is 3.68. The van der Waals surface area contributed by atoms with E-state index in [1.165, 1.54) is 7.11 Å². The highest BCUT2D eigenvalue weighted by Gasteiger charge is 2.36. The lowest BCUT2D eigenvalue weighted by molar-refractivity contribution is -0.147. The Morgan fingerprint density at radius 3 is 2.55 bits per heavy atom. The molecule has 2 atom stereocenters. The van der Waals surface area contributed by atoms with Crippen LogP contribution < -0.4 is 0 Å². The first kappa shape index (κ1) is 21.1. The summed E-state index contributed by atoms with van der Waals surface area (Å²) in [5.41, 5.74) is 1.43. The first-order valence-corrected chi connectivity index (χ1v) is 8.95. The van der Waals surface area contributed by atoms with Gasteiger partial charge in [0.1, 0.15) is 0 Å². The number of carbonyl (C=O) groups is 1. The number of esters is 1. The van der Waals surface area contributed by atoms with Crippen molar-refractivity contribution in [2.75, 3.05) is 12.4 Å². The van der Waals surface area contributed by atoms with Gasteiger partial charge < -0.3 is 9.84 Å². The zero-order valence-corrected chi connectivity index (χ0v) is 15.9. The molecule has 0 bridgehead atoms. The van der Waals surface area contributed by atoms with Gasteiger partial charge in [0, 0.05) is 5.33 Å². The van der Waals surface area contributed by atoms with Crippen LogP contribution in [0.3, 0.4) is 0 Å². The molecule has 0 saturated heterocycles. The van der Waals surface area contributed by atoms with Crippen molar-refractivity contribution >= 4 is 21.9 Å². The Kier molecular flexibility index (Phi) is 10.4. The average Bonchev–Trinajstić information content (AvgIpc) is 2.55. The molecule has 0 amide bonds. The average molecular weight is 373 g/mol. The standard InChI is InChI=1S/C16H23BrO3.C2H6/c1-12-6-4-7-13(10-12)16(2,15(19)20-3)9-5-8-14(18)11-17;1-2/h4,6-7,10,14,18H,5,8-9,11H2,1-3H3;1-2H3. The number of aryl methyl sites for hydroxylation is 1. The number of ether oxygens (including phenoxy) is 1. The Hall–Kier alpha value is -0.870. The van der Waals surface area contributed by atoms with Gasteiger partial charge >= 0.3 is 5.97 Å². The molecular weight excluding hydrogens is 344 g/mol. The summed E-state index contributed by atoms with van der Waals surface area (Å²) >= 11 is 3.25. The van der Waals surface area contributed by atoms with E-state index in [1.54, 1.807) is 0 Å². The molecule has 0 radical (unpaired) electrons. The fourth-order valence-electron chi connectivity index (χ4n) is 2.35. The van der Waals surface area contributed by atoms with E-state index >= 15 is 0 Å². The molecule has 1 aromatic carbocycles. The van der Waals surface area contributed by atoms with Crippen molar-refractivity contribution in [1.29, 1.82) is 0 Å². The van der Waals surface area contributed by atoms with Gasteiger partial charge in [-0.05, 0) is 38.7 Å². The minimum atomic E-state index is -0.660. The van der Waals surface area contributed by atoms with Gasteiger partial charge in [0.25, 0.3) is 0 Å². The minimum absolute atomic E-state index is 0.226. The maximum atomic E-state index is 12.2. The molecule has 0 spiro atoms. The van der Waals surface area contributed by atoms with Gasteiger partial charge in [0.2, 0.25) is 0 Å². The van der Waals surface area contributed by atoms with Crippen LogP contribution in [-0.2, 0) is 14.9 Å². The van der Waals surface area contributed by atoms with Crippen LogP contribution in [0, 0.1) is 6.92 Å². The molecule has 0 aliphatic carbocycles. The van der Waals surface area contributed by atoms with Gasteiger partial charge in [-0.3, -0.25) is 4.79 Å². The van der Waals surface area contributed by atoms with E-state index in [1.807, 2.05) is 52.0 Å². The molecule has 1 aromatic rings. The van der Waals surface area contributed by atoms with Crippen LogP contribution in [0.5, 0.6) is 0 Å². The first-order chi connectivity index (χ1) is 10.4. The SMILES string of the molecule is CC.COC(=O)C(C)(CCCC(O)CBr)c1cccc(C)c1. The molecule has 1 rings (SSSR count). The van der Waals surface area contributed by atoms with Crippen LogP contribution in [0.2, 0.25) is 0 Å². The van der Waals surface area contributed by atoms with E-state index < -0.39 is 5.41 Å². The van der Waals surface area contributed by atoms with E-state index in [4.69, 9.17) is 4.74 Å². The number of aliphatic hydroxyl groups excluding tert-OH is 1. The number of hydrogen-bond acceptors (Lipinski definition) is 3. The molecule has 0 saturated carbocycles. The Bertz CT molecular complexity index is 448. The normalized spacial score (nSPS) is 14.3. The Labute approximate surface area is 143 Å². The topological polar surface area (TPSA) is 46.5 Å². The number of carbonyl (C=O) groups excluding carboxylic acids is 1. The fourth-order valence-corrected chi connectivity index (χ4v) is 2.67. The van der Waals surface area contributed by atoms with Crippen LogP contribution >= 0.6 is 15.9 Å². The third kappa shape index (κ3) is 6.09. The van der Waals surface area contributed by atoms with Gasteiger partial charge in [-0.2, -0.15) is 0 Å². The molecule has 0 aliphatic rings. The molecule has 126 valence electrons. The van der Waals surface area contributed by atoms with E-state index in [9.17, 15) is 9.90 Å². The van der Waals surface area contributed by atoms with Crippen molar-refractivity contribution in [2.24, 2.45) is 0 Å². The predicted molar refractivity (Wildman–Crippen MR) is 95.5 cm³/mol. The van der Waals surface area contributed by atoms with E-state index in [0.29, 0.717) is 18.2 Å². The molecule has 2 unspecified atom stereocenters. The van der Waals surface area contributed by atoms with Crippen LogP contribution in [0.25, 0.3) is 0 Å². The summed E-state index contributed by atoms with van der Waals surface area (Å²) in [5.74, 6) is -0.226. The van der Waals surface area contributed by atoms with Crippen molar-refractivity contribution in [1.82, 2.24) is 0 Å². The monoisotopic (exact) mass is 372 g/mol. The highest BCUT2D eigenvalue weighted by Crippen LogP contribution is 2.32. The number of hydrogen-bond donors (Lipinski definition) is 1. The second-order valence-electron chi connectivity index (χ2n) is 5.39. The molecule has 0 aliphatic heterocycles. The van der Waals surface area contributed by atoms with Crippen LogP contribution in [0.15, 0.2) is 24.3 Å². The van der Waals surface area contributed by atoms with Gasteiger partial charge in [0.15, 0.2) is 0 Å². The van der Waals surface area contributed by atoms with Gasteiger partial charge in [0.05, 0.1) is 18.6 Å². The Morgan fingerprint density at radius 2 is 2.05 bits per heavy atom. The lowest BCUT2D eigenvalue weighted by Gasteiger charge is -2.28. The van der Waals surface area contributed by atoms with Crippen LogP contribution in [0.1, 0.15) is 51.2 Å². The van der Waals surface area contributed by atoms with Crippen molar-refractivity contribution in [3.63, 3.8) is 0 Å². The second-order valence-corrected chi connectivity index (χ2v) is 6.04. The molecule has 0 fully saturated rings. The number of methoxy groups -OCH3 is 1. The maximum absolute atomic E-state index is 12.2. The van der Waals surface area contributed by atoms with Crippen molar-refractivity contribution < 1.29 is 14.6 Å². The van der Waals surface area contributed by atoms with Crippen LogP contribution in [-0.4, -0.2) is 29.6 Å². The highest BCUT2D eigenvalue weighted by molar-refractivity contribution is 9.09. The summed E-state index contributed by atoms with van der Waals surface area (Å²) < 4.78 is 4.98. The number of halogens is 1. The Balaban J connectivity index is 0.00000211. The quantitative estimate of drug-likeness (QED) is 0.570. The summed E-state index contributed by atoms with van der Waals surface area (Å²) in [6, 6.07) is 7.96. The number of alkyl halides is 1. The minimum Gasteiger partial charge on any atom is -0.468 e. The first-order valence-electron chi connectivity index (χ1n) is 7.83. The summed E-state index contributed by atoms with van der Waals surface area (Å²) in [5, 5.41) is 10.2. The summed E-state index contributed by atoms with van der Waals surface area (Å²) in [6.07, 6.45) is 1.73. The number of rotatable bonds is 7. The zero-order valence-electron chi connectivity index (χ0n) is 14.4. The summed E-state index contributed by atoms with van der Waals surface area (Å²) in [7, 11) is 1.42.